The molecule has 1 saturated heterocycles. The number of hydrogen-bond acceptors (Lipinski definition) is 5. The number of benzene rings is 1. The van der Waals surface area contributed by atoms with Crippen molar-refractivity contribution in [2.75, 3.05) is 6.54 Å². The van der Waals surface area contributed by atoms with Gasteiger partial charge in [0.15, 0.2) is 0 Å². The highest BCUT2D eigenvalue weighted by atomic mass is 32.1. The molecule has 2 aromatic heterocycles. The van der Waals surface area contributed by atoms with E-state index in [1.807, 2.05) is 17.5 Å². The average molecular weight is 343 g/mol. The minimum Gasteiger partial charge on any atom is -0.337 e. The van der Waals surface area contributed by atoms with Crippen molar-refractivity contribution in [3.63, 3.8) is 0 Å². The molecule has 0 N–H and O–H groups in total. The van der Waals surface area contributed by atoms with E-state index < -0.39 is 0 Å². The van der Waals surface area contributed by atoms with Crippen LogP contribution < -0.4 is 0 Å². The topological polar surface area (TPSA) is 59.2 Å². The summed E-state index contributed by atoms with van der Waals surface area (Å²) in [7, 11) is 0. The van der Waals surface area contributed by atoms with Gasteiger partial charge in [-0.2, -0.15) is 4.98 Å². The summed E-state index contributed by atoms with van der Waals surface area (Å²) in [4.78, 5) is 19.5. The highest BCUT2D eigenvalue weighted by Gasteiger charge is 2.34. The van der Waals surface area contributed by atoms with Crippen molar-refractivity contribution in [3.8, 4) is 11.4 Å². The number of hydrogen-bond donors (Lipinski definition) is 0. The summed E-state index contributed by atoms with van der Waals surface area (Å²) < 4.78 is 18.4. The minimum absolute atomic E-state index is 0.00553. The number of amides is 1. The lowest BCUT2D eigenvalue weighted by Gasteiger charge is -2.20. The second kappa shape index (κ2) is 6.16. The van der Waals surface area contributed by atoms with Gasteiger partial charge in [0.05, 0.1) is 4.88 Å². The Morgan fingerprint density at radius 1 is 1.29 bits per heavy atom. The number of carbonyl (C=O) groups is 1. The summed E-state index contributed by atoms with van der Waals surface area (Å²) in [5.74, 6) is 0.511. The quantitative estimate of drug-likeness (QED) is 0.723. The lowest BCUT2D eigenvalue weighted by molar-refractivity contribution is 0.0715. The fourth-order valence-electron chi connectivity index (χ4n) is 2.90. The second-order valence-corrected chi connectivity index (χ2v) is 6.54. The first-order valence-corrected chi connectivity index (χ1v) is 8.54. The van der Waals surface area contributed by atoms with Crippen LogP contribution in [0.25, 0.3) is 11.4 Å². The van der Waals surface area contributed by atoms with Gasteiger partial charge in [0.1, 0.15) is 11.9 Å². The molecule has 3 aromatic rings. The Hall–Kier alpha value is -2.54. The van der Waals surface area contributed by atoms with E-state index in [9.17, 15) is 9.18 Å². The first kappa shape index (κ1) is 15.0. The maximum atomic E-state index is 13.0. The minimum atomic E-state index is -0.314. The van der Waals surface area contributed by atoms with Gasteiger partial charge in [-0.15, -0.1) is 11.3 Å². The van der Waals surface area contributed by atoms with Crippen molar-refractivity contribution in [2.45, 2.75) is 18.9 Å². The van der Waals surface area contributed by atoms with Crippen molar-refractivity contribution in [3.05, 3.63) is 58.4 Å². The standard InChI is InChI=1S/C17H14FN3O2S/c18-12-7-5-11(6-8-12)15-19-16(23-20-15)13-3-1-9-21(13)17(22)14-4-2-10-24-14/h2,4-8,10,13H,1,3,9H2. The second-order valence-electron chi connectivity index (χ2n) is 5.60. The van der Waals surface area contributed by atoms with Gasteiger partial charge in [0.25, 0.3) is 5.91 Å². The van der Waals surface area contributed by atoms with E-state index in [0.717, 1.165) is 12.8 Å². The van der Waals surface area contributed by atoms with Crippen LogP contribution in [-0.4, -0.2) is 27.5 Å². The van der Waals surface area contributed by atoms with Gasteiger partial charge in [-0.05, 0) is 48.6 Å². The summed E-state index contributed by atoms with van der Waals surface area (Å²) in [6.07, 6.45) is 1.69. The van der Waals surface area contributed by atoms with Crippen molar-refractivity contribution < 1.29 is 13.7 Å². The normalized spacial score (nSPS) is 17.4. The molecule has 1 atom stereocenters. The third kappa shape index (κ3) is 2.71. The zero-order valence-electron chi connectivity index (χ0n) is 12.7. The Morgan fingerprint density at radius 2 is 2.12 bits per heavy atom. The van der Waals surface area contributed by atoms with Gasteiger partial charge in [-0.25, -0.2) is 4.39 Å². The molecule has 1 aliphatic rings. The Morgan fingerprint density at radius 3 is 2.88 bits per heavy atom. The summed E-state index contributed by atoms with van der Waals surface area (Å²) >= 11 is 1.43. The van der Waals surface area contributed by atoms with Crippen LogP contribution in [-0.2, 0) is 0 Å². The zero-order chi connectivity index (χ0) is 16.5. The van der Waals surface area contributed by atoms with Gasteiger partial charge in [-0.1, -0.05) is 11.2 Å². The molecule has 1 unspecified atom stereocenters. The summed E-state index contributed by atoms with van der Waals surface area (Å²) in [6, 6.07) is 9.39. The maximum Gasteiger partial charge on any atom is 0.264 e. The van der Waals surface area contributed by atoms with Gasteiger partial charge < -0.3 is 9.42 Å². The van der Waals surface area contributed by atoms with Gasteiger partial charge in [0, 0.05) is 12.1 Å². The molecule has 3 heterocycles. The fourth-order valence-corrected chi connectivity index (χ4v) is 3.57. The van der Waals surface area contributed by atoms with Gasteiger partial charge in [0.2, 0.25) is 11.7 Å². The number of halogens is 1. The summed E-state index contributed by atoms with van der Waals surface area (Å²) in [6.45, 7) is 0.676. The Labute approximate surface area is 141 Å². The van der Waals surface area contributed by atoms with E-state index in [4.69, 9.17) is 4.52 Å². The molecule has 5 nitrogen and oxygen atoms in total. The fraction of sp³-hybridized carbons (Fsp3) is 0.235. The van der Waals surface area contributed by atoms with Crippen LogP contribution in [0.5, 0.6) is 0 Å². The van der Waals surface area contributed by atoms with Crippen LogP contribution in [0.15, 0.2) is 46.3 Å². The predicted octanol–water partition coefficient (Wildman–Crippen LogP) is 3.91. The highest BCUT2D eigenvalue weighted by Crippen LogP contribution is 2.33. The van der Waals surface area contributed by atoms with Crippen molar-refractivity contribution in [2.24, 2.45) is 0 Å². The zero-order valence-corrected chi connectivity index (χ0v) is 13.5. The van der Waals surface area contributed by atoms with Crippen molar-refractivity contribution in [1.29, 1.82) is 0 Å². The van der Waals surface area contributed by atoms with E-state index in [1.54, 1.807) is 17.0 Å². The van der Waals surface area contributed by atoms with Gasteiger partial charge >= 0.3 is 0 Å². The molecule has 1 aliphatic heterocycles. The monoisotopic (exact) mass is 343 g/mol. The van der Waals surface area contributed by atoms with E-state index in [0.29, 0.717) is 28.7 Å². The first-order valence-electron chi connectivity index (χ1n) is 7.66. The molecule has 0 saturated carbocycles. The predicted molar refractivity (Wildman–Crippen MR) is 87.0 cm³/mol. The van der Waals surface area contributed by atoms with Crippen molar-refractivity contribution >= 4 is 17.2 Å². The van der Waals surface area contributed by atoms with E-state index in [1.165, 1.54) is 23.5 Å². The number of likely N-dealkylation sites (tertiary alicyclic amines) is 1. The summed E-state index contributed by atoms with van der Waals surface area (Å²) in [5.41, 5.74) is 0.681. The van der Waals surface area contributed by atoms with Crippen LogP contribution >= 0.6 is 11.3 Å². The van der Waals surface area contributed by atoms with E-state index in [2.05, 4.69) is 10.1 Å². The first-order chi connectivity index (χ1) is 11.7. The molecule has 0 radical (unpaired) electrons. The van der Waals surface area contributed by atoms with Crippen LogP contribution in [0.1, 0.15) is 34.4 Å². The van der Waals surface area contributed by atoms with Crippen LogP contribution in [0, 0.1) is 5.82 Å². The van der Waals surface area contributed by atoms with Crippen LogP contribution in [0.4, 0.5) is 4.39 Å². The molecule has 0 spiro atoms. The van der Waals surface area contributed by atoms with Crippen LogP contribution in [0.3, 0.4) is 0 Å². The largest absolute Gasteiger partial charge is 0.337 e. The molecule has 7 heteroatoms. The van der Waals surface area contributed by atoms with Crippen LogP contribution in [0.2, 0.25) is 0 Å². The number of aromatic nitrogens is 2. The molecular weight excluding hydrogens is 329 g/mol. The average Bonchev–Trinajstić information content (AvgIpc) is 3.34. The molecule has 1 amide bonds. The highest BCUT2D eigenvalue weighted by molar-refractivity contribution is 7.12. The molecule has 1 aromatic carbocycles. The molecule has 122 valence electrons. The van der Waals surface area contributed by atoms with Gasteiger partial charge in [-0.3, -0.25) is 4.79 Å². The Kier molecular flexibility index (Phi) is 3.86. The summed E-state index contributed by atoms with van der Waals surface area (Å²) in [5, 5.41) is 5.86. The molecule has 0 bridgehead atoms. The Bertz CT molecular complexity index is 845. The smallest absolute Gasteiger partial charge is 0.264 e. The SMILES string of the molecule is O=C(c1cccs1)N1CCCC1c1nc(-c2ccc(F)cc2)no1. The lowest BCUT2D eigenvalue weighted by Crippen LogP contribution is -2.30. The molecule has 1 fully saturated rings. The number of rotatable bonds is 3. The Balaban J connectivity index is 1.59. The molecule has 4 rings (SSSR count). The van der Waals surface area contributed by atoms with E-state index in [-0.39, 0.29) is 17.8 Å². The molecule has 24 heavy (non-hydrogen) atoms. The van der Waals surface area contributed by atoms with E-state index >= 15 is 0 Å². The lowest BCUT2D eigenvalue weighted by atomic mass is 10.2. The molecule has 0 aliphatic carbocycles. The number of thiophene rings is 1. The maximum absolute atomic E-state index is 13.0. The number of nitrogens with zero attached hydrogens (tertiary/aromatic N) is 3. The third-order valence-corrected chi connectivity index (χ3v) is 4.93. The molecular formula is C17H14FN3O2S. The third-order valence-electron chi connectivity index (χ3n) is 4.07. The van der Waals surface area contributed by atoms with Crippen molar-refractivity contribution in [1.82, 2.24) is 15.0 Å². The number of carbonyl (C=O) groups excluding carboxylic acids is 1.